The molecule has 0 atom stereocenters. The van der Waals surface area contributed by atoms with Gasteiger partial charge in [-0.15, -0.1) is 5.10 Å². The van der Waals surface area contributed by atoms with Crippen molar-refractivity contribution >= 4 is 5.78 Å². The zero-order valence-electron chi connectivity index (χ0n) is 5.66. The normalized spacial score (nSPS) is 15.9. The van der Waals surface area contributed by atoms with E-state index in [0.717, 1.165) is 12.1 Å². The lowest BCUT2D eigenvalue weighted by Gasteiger charge is -1.89. The Kier molecular flexibility index (Phi) is 0.922. The van der Waals surface area contributed by atoms with Crippen molar-refractivity contribution in [2.45, 2.75) is 12.8 Å². The molecule has 0 fully saturated rings. The van der Waals surface area contributed by atoms with Crippen molar-refractivity contribution in [2.75, 3.05) is 0 Å². The molecule has 4 nitrogen and oxygen atoms in total. The number of fused-ring (bicyclic) bond motifs is 1. The van der Waals surface area contributed by atoms with Crippen LogP contribution < -0.4 is 0 Å². The van der Waals surface area contributed by atoms with Gasteiger partial charge in [0.15, 0.2) is 11.5 Å². The Morgan fingerprint density at radius 3 is 3.00 bits per heavy atom. The lowest BCUT2D eigenvalue weighted by Crippen LogP contribution is -1.95. The van der Waals surface area contributed by atoms with Crippen LogP contribution in [0.5, 0.6) is 0 Å². The van der Waals surface area contributed by atoms with E-state index in [1.54, 1.807) is 4.68 Å². The topological polar surface area (TPSA) is 47.8 Å². The largest absolute Gasteiger partial charge is 0.292 e. The fraction of sp³-hybridized carbons (Fsp3) is 0.500. The van der Waals surface area contributed by atoms with E-state index in [1.807, 2.05) is 7.05 Å². The van der Waals surface area contributed by atoms with Gasteiger partial charge in [0.2, 0.25) is 0 Å². The average Bonchev–Trinajstić information content (AvgIpc) is 2.41. The number of hydrogen-bond donors (Lipinski definition) is 0. The average molecular weight is 137 g/mol. The summed E-state index contributed by atoms with van der Waals surface area (Å²) in [4.78, 5) is 11.0. The van der Waals surface area contributed by atoms with E-state index in [2.05, 4.69) is 10.3 Å². The number of Topliss-reactive ketones (excluding diaryl/α,β-unsaturated/α-hetero) is 1. The van der Waals surface area contributed by atoms with Crippen LogP contribution in [0, 0.1) is 0 Å². The lowest BCUT2D eigenvalue weighted by atomic mass is 10.3. The molecule has 1 aliphatic carbocycles. The molecule has 0 radical (unpaired) electrons. The minimum Gasteiger partial charge on any atom is -0.292 e. The number of carbonyl (C=O) groups is 1. The summed E-state index contributed by atoms with van der Waals surface area (Å²) < 4.78 is 1.67. The van der Waals surface area contributed by atoms with Gasteiger partial charge in [0.25, 0.3) is 0 Å². The highest BCUT2D eigenvalue weighted by atomic mass is 16.1. The molecular weight excluding hydrogens is 130 g/mol. The fourth-order valence-electron chi connectivity index (χ4n) is 1.22. The SMILES string of the molecule is Cn1nnc2c1CCC2=O. The minimum absolute atomic E-state index is 0.128. The molecule has 0 saturated carbocycles. The molecule has 0 aliphatic heterocycles. The quantitative estimate of drug-likeness (QED) is 0.503. The van der Waals surface area contributed by atoms with E-state index in [9.17, 15) is 4.79 Å². The van der Waals surface area contributed by atoms with Crippen LogP contribution >= 0.6 is 0 Å². The summed E-state index contributed by atoms with van der Waals surface area (Å²) in [6.45, 7) is 0. The van der Waals surface area contributed by atoms with Crippen LogP contribution in [0.2, 0.25) is 0 Å². The third-order valence-electron chi connectivity index (χ3n) is 1.80. The first-order chi connectivity index (χ1) is 4.79. The molecule has 0 unspecified atom stereocenters. The predicted octanol–water partition coefficient (Wildman–Crippen LogP) is -0.0560. The maximum absolute atomic E-state index is 11.0. The number of hydrogen-bond acceptors (Lipinski definition) is 3. The summed E-state index contributed by atoms with van der Waals surface area (Å²) in [6.07, 6.45) is 1.41. The third kappa shape index (κ3) is 0.531. The van der Waals surface area contributed by atoms with Crippen LogP contribution in [-0.4, -0.2) is 20.8 Å². The smallest absolute Gasteiger partial charge is 0.185 e. The predicted molar refractivity (Wildman–Crippen MR) is 33.7 cm³/mol. The second-order valence-electron chi connectivity index (χ2n) is 2.43. The Morgan fingerprint density at radius 1 is 1.50 bits per heavy atom. The molecule has 1 heterocycles. The van der Waals surface area contributed by atoms with Crippen LogP contribution in [-0.2, 0) is 13.5 Å². The highest BCUT2D eigenvalue weighted by molar-refractivity contribution is 5.97. The monoisotopic (exact) mass is 137 g/mol. The molecule has 0 bridgehead atoms. The second kappa shape index (κ2) is 1.65. The molecule has 52 valence electrons. The molecule has 0 aromatic carbocycles. The Morgan fingerprint density at radius 2 is 2.30 bits per heavy atom. The standard InChI is InChI=1S/C6H7N3O/c1-9-4-2-3-5(10)6(4)7-8-9/h2-3H2,1H3. The van der Waals surface area contributed by atoms with E-state index in [-0.39, 0.29) is 5.78 Å². The zero-order chi connectivity index (χ0) is 7.14. The molecule has 0 spiro atoms. The summed E-state index contributed by atoms with van der Waals surface area (Å²) in [5.74, 6) is 0.128. The van der Waals surface area contributed by atoms with Crippen molar-refractivity contribution in [3.63, 3.8) is 0 Å². The summed E-state index contributed by atoms with van der Waals surface area (Å²) in [7, 11) is 1.81. The summed E-state index contributed by atoms with van der Waals surface area (Å²) in [5.41, 5.74) is 1.55. The Balaban J connectivity index is 2.63. The van der Waals surface area contributed by atoms with Gasteiger partial charge in [-0.1, -0.05) is 5.21 Å². The van der Waals surface area contributed by atoms with Gasteiger partial charge in [0.1, 0.15) is 0 Å². The van der Waals surface area contributed by atoms with Crippen LogP contribution in [0.25, 0.3) is 0 Å². The number of aromatic nitrogens is 3. The fourth-order valence-corrected chi connectivity index (χ4v) is 1.22. The van der Waals surface area contributed by atoms with Gasteiger partial charge in [-0.3, -0.25) is 9.48 Å². The number of nitrogens with zero attached hydrogens (tertiary/aromatic N) is 3. The number of carbonyl (C=O) groups excluding carboxylic acids is 1. The third-order valence-corrected chi connectivity index (χ3v) is 1.80. The number of rotatable bonds is 0. The van der Waals surface area contributed by atoms with Crippen molar-refractivity contribution in [3.8, 4) is 0 Å². The van der Waals surface area contributed by atoms with Gasteiger partial charge >= 0.3 is 0 Å². The van der Waals surface area contributed by atoms with Crippen LogP contribution in [0.4, 0.5) is 0 Å². The van der Waals surface area contributed by atoms with Crippen LogP contribution in [0.15, 0.2) is 0 Å². The van der Waals surface area contributed by atoms with E-state index in [4.69, 9.17) is 0 Å². The minimum atomic E-state index is 0.128. The molecule has 1 aromatic rings. The Hall–Kier alpha value is -1.19. The van der Waals surface area contributed by atoms with Gasteiger partial charge in [0, 0.05) is 13.5 Å². The molecule has 4 heteroatoms. The second-order valence-corrected chi connectivity index (χ2v) is 2.43. The molecule has 0 saturated heterocycles. The summed E-state index contributed by atoms with van der Waals surface area (Å²) in [6, 6.07) is 0. The van der Waals surface area contributed by atoms with Crippen molar-refractivity contribution in [1.29, 1.82) is 0 Å². The zero-order valence-corrected chi connectivity index (χ0v) is 5.66. The van der Waals surface area contributed by atoms with Gasteiger partial charge < -0.3 is 0 Å². The first-order valence-corrected chi connectivity index (χ1v) is 3.21. The highest BCUT2D eigenvalue weighted by Crippen LogP contribution is 2.17. The first-order valence-electron chi connectivity index (χ1n) is 3.21. The molecule has 10 heavy (non-hydrogen) atoms. The summed E-state index contributed by atoms with van der Waals surface area (Å²) >= 11 is 0. The molecular formula is C6H7N3O. The van der Waals surface area contributed by atoms with Gasteiger partial charge in [-0.25, -0.2) is 0 Å². The maximum atomic E-state index is 11.0. The summed E-state index contributed by atoms with van der Waals surface area (Å²) in [5, 5.41) is 7.48. The molecule has 2 rings (SSSR count). The van der Waals surface area contributed by atoms with Crippen molar-refractivity contribution in [1.82, 2.24) is 15.0 Å². The van der Waals surface area contributed by atoms with E-state index in [1.165, 1.54) is 0 Å². The first kappa shape index (κ1) is 5.58. The van der Waals surface area contributed by atoms with Crippen LogP contribution in [0.1, 0.15) is 22.6 Å². The van der Waals surface area contributed by atoms with Crippen molar-refractivity contribution in [2.24, 2.45) is 7.05 Å². The van der Waals surface area contributed by atoms with Gasteiger partial charge in [0.05, 0.1) is 5.69 Å². The van der Waals surface area contributed by atoms with Gasteiger partial charge in [-0.2, -0.15) is 0 Å². The lowest BCUT2D eigenvalue weighted by molar-refractivity contribution is 0.0989. The maximum Gasteiger partial charge on any atom is 0.185 e. The van der Waals surface area contributed by atoms with Crippen molar-refractivity contribution in [3.05, 3.63) is 11.4 Å². The Bertz CT molecular complexity index is 289. The van der Waals surface area contributed by atoms with E-state index < -0.39 is 0 Å². The van der Waals surface area contributed by atoms with Gasteiger partial charge in [-0.05, 0) is 6.42 Å². The molecule has 0 N–H and O–H groups in total. The van der Waals surface area contributed by atoms with E-state index >= 15 is 0 Å². The number of aryl methyl sites for hydroxylation is 1. The van der Waals surface area contributed by atoms with Crippen LogP contribution in [0.3, 0.4) is 0 Å². The molecule has 1 aromatic heterocycles. The molecule has 0 amide bonds. The number of ketones is 1. The molecule has 1 aliphatic rings. The Labute approximate surface area is 57.8 Å². The van der Waals surface area contributed by atoms with Crippen molar-refractivity contribution < 1.29 is 4.79 Å². The highest BCUT2D eigenvalue weighted by Gasteiger charge is 2.24. The van der Waals surface area contributed by atoms with E-state index in [0.29, 0.717) is 12.1 Å².